The Bertz CT molecular complexity index is 604. The number of nitrogens with two attached hydrogens (primary N) is 1. The van der Waals surface area contributed by atoms with Crippen LogP contribution in [0.2, 0.25) is 0 Å². The first-order chi connectivity index (χ1) is 9.66. The van der Waals surface area contributed by atoms with E-state index in [1.54, 1.807) is 0 Å². The monoisotopic (exact) mass is 273 g/mol. The predicted molar refractivity (Wildman–Crippen MR) is 75.2 cm³/mol. The van der Waals surface area contributed by atoms with Crippen LogP contribution >= 0.6 is 0 Å². The first kappa shape index (κ1) is 13.3. The summed E-state index contributed by atoms with van der Waals surface area (Å²) < 4.78 is 27.7. The third kappa shape index (κ3) is 2.34. The fourth-order valence-corrected chi connectivity index (χ4v) is 3.10. The Morgan fingerprint density at radius 1 is 0.950 bits per heavy atom. The van der Waals surface area contributed by atoms with Crippen LogP contribution in [0.3, 0.4) is 0 Å². The lowest BCUT2D eigenvalue weighted by Gasteiger charge is -2.29. The summed E-state index contributed by atoms with van der Waals surface area (Å²) in [6.07, 6.45) is 2.57. The number of hydrogen-bond acceptors (Lipinski definition) is 1. The fraction of sp³-hybridized carbons (Fsp3) is 0.294. The van der Waals surface area contributed by atoms with E-state index in [-0.39, 0.29) is 11.5 Å². The van der Waals surface area contributed by atoms with Gasteiger partial charge in [-0.2, -0.15) is 0 Å². The summed E-state index contributed by atoms with van der Waals surface area (Å²) in [6.45, 7) is 0. The van der Waals surface area contributed by atoms with Crippen LogP contribution in [-0.2, 0) is 12.8 Å². The summed E-state index contributed by atoms with van der Waals surface area (Å²) in [5.74, 6) is -1.01. The highest BCUT2D eigenvalue weighted by molar-refractivity contribution is 5.31. The second kappa shape index (κ2) is 5.33. The van der Waals surface area contributed by atoms with Crippen molar-refractivity contribution in [2.75, 3.05) is 0 Å². The molecule has 2 atom stereocenters. The molecule has 0 amide bonds. The van der Waals surface area contributed by atoms with Gasteiger partial charge in [-0.1, -0.05) is 30.3 Å². The Kier molecular flexibility index (Phi) is 3.53. The molecule has 0 heterocycles. The lowest BCUT2D eigenvalue weighted by Crippen LogP contribution is -2.28. The molecule has 0 radical (unpaired) electrons. The molecule has 2 aromatic carbocycles. The summed E-state index contributed by atoms with van der Waals surface area (Å²) >= 11 is 0. The minimum atomic E-state index is -0.593. The average Bonchev–Trinajstić information content (AvgIpc) is 2.46. The van der Waals surface area contributed by atoms with E-state index in [9.17, 15) is 8.78 Å². The van der Waals surface area contributed by atoms with E-state index in [1.165, 1.54) is 29.3 Å². The van der Waals surface area contributed by atoms with Crippen molar-refractivity contribution >= 4 is 0 Å². The summed E-state index contributed by atoms with van der Waals surface area (Å²) in [4.78, 5) is 0. The molecule has 3 rings (SSSR count). The van der Waals surface area contributed by atoms with Gasteiger partial charge >= 0.3 is 0 Å². The third-order valence-electron chi connectivity index (χ3n) is 4.23. The van der Waals surface area contributed by atoms with Crippen LogP contribution in [0, 0.1) is 17.6 Å². The number of rotatable bonds is 2. The Hall–Kier alpha value is -1.74. The second-order valence-electron chi connectivity index (χ2n) is 5.43. The van der Waals surface area contributed by atoms with Crippen molar-refractivity contribution in [2.24, 2.45) is 11.7 Å². The molecule has 1 aliphatic rings. The van der Waals surface area contributed by atoms with Crippen LogP contribution in [0.25, 0.3) is 0 Å². The molecule has 0 aromatic heterocycles. The zero-order valence-electron chi connectivity index (χ0n) is 11.2. The molecule has 0 bridgehead atoms. The molecular formula is C17H17F2N. The molecule has 0 spiro atoms. The van der Waals surface area contributed by atoms with Crippen LogP contribution in [0.4, 0.5) is 8.78 Å². The zero-order valence-corrected chi connectivity index (χ0v) is 11.2. The van der Waals surface area contributed by atoms with Crippen molar-refractivity contribution in [3.05, 3.63) is 70.8 Å². The van der Waals surface area contributed by atoms with Gasteiger partial charge in [0.05, 0.1) is 0 Å². The summed E-state index contributed by atoms with van der Waals surface area (Å²) in [6, 6.07) is 11.5. The minimum Gasteiger partial charge on any atom is -0.324 e. The van der Waals surface area contributed by atoms with Crippen LogP contribution in [0.15, 0.2) is 42.5 Å². The van der Waals surface area contributed by atoms with E-state index in [0.717, 1.165) is 19.3 Å². The van der Waals surface area contributed by atoms with Gasteiger partial charge in [0.1, 0.15) is 11.6 Å². The molecule has 2 N–H and O–H groups in total. The molecule has 2 unspecified atom stereocenters. The molecule has 1 aliphatic carbocycles. The van der Waals surface area contributed by atoms with E-state index < -0.39 is 17.7 Å². The van der Waals surface area contributed by atoms with Crippen molar-refractivity contribution in [2.45, 2.75) is 25.3 Å². The maximum atomic E-state index is 13.8. The second-order valence-corrected chi connectivity index (χ2v) is 5.43. The Morgan fingerprint density at radius 2 is 1.60 bits per heavy atom. The van der Waals surface area contributed by atoms with Gasteiger partial charge in [-0.25, -0.2) is 8.78 Å². The largest absolute Gasteiger partial charge is 0.324 e. The standard InChI is InChI=1S/C17H17F2N/c18-14-6-3-7-15(19)16(14)17(20)13-9-8-11-4-1-2-5-12(11)10-13/h1-7,13,17H,8-10,20H2. The van der Waals surface area contributed by atoms with E-state index in [2.05, 4.69) is 12.1 Å². The number of aryl methyl sites for hydroxylation is 1. The van der Waals surface area contributed by atoms with Gasteiger partial charge in [0.25, 0.3) is 0 Å². The van der Waals surface area contributed by atoms with E-state index in [1.807, 2.05) is 12.1 Å². The van der Waals surface area contributed by atoms with Crippen LogP contribution < -0.4 is 5.73 Å². The number of fused-ring (bicyclic) bond motifs is 1. The van der Waals surface area contributed by atoms with Crippen LogP contribution in [0.5, 0.6) is 0 Å². The van der Waals surface area contributed by atoms with Crippen LogP contribution in [-0.4, -0.2) is 0 Å². The fourth-order valence-electron chi connectivity index (χ4n) is 3.10. The SMILES string of the molecule is NC(c1c(F)cccc1F)C1CCc2ccccc2C1. The van der Waals surface area contributed by atoms with Crippen LogP contribution in [0.1, 0.15) is 29.2 Å². The maximum Gasteiger partial charge on any atom is 0.130 e. The topological polar surface area (TPSA) is 26.0 Å². The normalized spacial score (nSPS) is 19.4. The van der Waals surface area contributed by atoms with Crippen molar-refractivity contribution in [1.29, 1.82) is 0 Å². The molecule has 0 saturated carbocycles. The Morgan fingerprint density at radius 3 is 2.30 bits per heavy atom. The molecule has 104 valence electrons. The van der Waals surface area contributed by atoms with Crippen molar-refractivity contribution < 1.29 is 8.78 Å². The first-order valence-electron chi connectivity index (χ1n) is 6.93. The van der Waals surface area contributed by atoms with Gasteiger partial charge in [0, 0.05) is 11.6 Å². The van der Waals surface area contributed by atoms with Gasteiger partial charge in [-0.15, -0.1) is 0 Å². The van der Waals surface area contributed by atoms with Gasteiger partial charge in [0.15, 0.2) is 0 Å². The molecule has 1 nitrogen and oxygen atoms in total. The Labute approximate surface area is 117 Å². The van der Waals surface area contributed by atoms with E-state index in [0.29, 0.717) is 0 Å². The summed E-state index contributed by atoms with van der Waals surface area (Å²) in [5, 5.41) is 0. The van der Waals surface area contributed by atoms with Gasteiger partial charge < -0.3 is 5.73 Å². The average molecular weight is 273 g/mol. The molecule has 20 heavy (non-hydrogen) atoms. The molecule has 0 fully saturated rings. The predicted octanol–water partition coefficient (Wildman–Crippen LogP) is 3.77. The zero-order chi connectivity index (χ0) is 14.1. The first-order valence-corrected chi connectivity index (χ1v) is 6.93. The molecule has 3 heteroatoms. The smallest absolute Gasteiger partial charge is 0.130 e. The highest BCUT2D eigenvalue weighted by Crippen LogP contribution is 2.34. The quantitative estimate of drug-likeness (QED) is 0.885. The Balaban J connectivity index is 1.88. The molecule has 0 aliphatic heterocycles. The highest BCUT2D eigenvalue weighted by atomic mass is 19.1. The van der Waals surface area contributed by atoms with E-state index in [4.69, 9.17) is 5.73 Å². The van der Waals surface area contributed by atoms with Crippen molar-refractivity contribution in [3.63, 3.8) is 0 Å². The molecule has 2 aromatic rings. The lowest BCUT2D eigenvalue weighted by atomic mass is 9.78. The van der Waals surface area contributed by atoms with Gasteiger partial charge in [-0.05, 0) is 48.4 Å². The van der Waals surface area contributed by atoms with Gasteiger partial charge in [-0.3, -0.25) is 0 Å². The van der Waals surface area contributed by atoms with Crippen molar-refractivity contribution in [3.8, 4) is 0 Å². The number of benzene rings is 2. The summed E-state index contributed by atoms with van der Waals surface area (Å²) in [5.41, 5.74) is 8.74. The molecular weight excluding hydrogens is 256 g/mol. The summed E-state index contributed by atoms with van der Waals surface area (Å²) in [7, 11) is 0. The number of hydrogen-bond donors (Lipinski definition) is 1. The van der Waals surface area contributed by atoms with Crippen molar-refractivity contribution in [1.82, 2.24) is 0 Å². The minimum absolute atomic E-state index is 0.0249. The van der Waals surface area contributed by atoms with Gasteiger partial charge in [0.2, 0.25) is 0 Å². The third-order valence-corrected chi connectivity index (χ3v) is 4.23. The highest BCUT2D eigenvalue weighted by Gasteiger charge is 2.28. The van der Waals surface area contributed by atoms with E-state index >= 15 is 0 Å². The maximum absolute atomic E-state index is 13.8. The lowest BCUT2D eigenvalue weighted by molar-refractivity contribution is 0.362. The number of halogens is 2. The molecule has 0 saturated heterocycles.